The maximum absolute atomic E-state index is 5.79. The van der Waals surface area contributed by atoms with Gasteiger partial charge in [-0.25, -0.2) is 0 Å². The zero-order chi connectivity index (χ0) is 12.7. The molecule has 0 atom stereocenters. The molecule has 0 aliphatic heterocycles. The Balaban J connectivity index is 2.45. The van der Waals surface area contributed by atoms with Crippen LogP contribution < -0.4 is 15.2 Å². The third kappa shape index (κ3) is 4.98. The molecule has 0 aliphatic carbocycles. The molecule has 0 aromatic heterocycles. The van der Waals surface area contributed by atoms with Crippen LogP contribution in [0.4, 0.5) is 5.69 Å². The van der Waals surface area contributed by atoms with Crippen molar-refractivity contribution in [3.05, 3.63) is 18.2 Å². The number of hydrogen-bond donors (Lipinski definition) is 1. The number of rotatable bonds is 7. The van der Waals surface area contributed by atoms with Gasteiger partial charge in [-0.2, -0.15) is 0 Å². The SMILES string of the molecule is CCOc1cc(OCCCC(C)C)ccc1N. The van der Waals surface area contributed by atoms with Crippen molar-refractivity contribution >= 4 is 5.69 Å². The Morgan fingerprint density at radius 3 is 2.65 bits per heavy atom. The minimum absolute atomic E-state index is 0.612. The Bertz CT molecular complexity index is 337. The van der Waals surface area contributed by atoms with E-state index < -0.39 is 0 Å². The van der Waals surface area contributed by atoms with Crippen molar-refractivity contribution in [2.24, 2.45) is 5.92 Å². The van der Waals surface area contributed by atoms with Crippen molar-refractivity contribution in [2.75, 3.05) is 18.9 Å². The fraction of sp³-hybridized carbons (Fsp3) is 0.571. The van der Waals surface area contributed by atoms with E-state index in [1.807, 2.05) is 25.1 Å². The zero-order valence-electron chi connectivity index (χ0n) is 11.0. The summed E-state index contributed by atoms with van der Waals surface area (Å²) in [5.41, 5.74) is 6.44. The maximum Gasteiger partial charge on any atom is 0.145 e. The highest BCUT2D eigenvalue weighted by molar-refractivity contribution is 5.55. The van der Waals surface area contributed by atoms with Crippen LogP contribution >= 0.6 is 0 Å². The van der Waals surface area contributed by atoms with Crippen LogP contribution in [0.2, 0.25) is 0 Å². The smallest absolute Gasteiger partial charge is 0.145 e. The van der Waals surface area contributed by atoms with Crippen molar-refractivity contribution < 1.29 is 9.47 Å². The molecule has 0 amide bonds. The Hall–Kier alpha value is -1.38. The highest BCUT2D eigenvalue weighted by Gasteiger charge is 2.02. The molecule has 0 unspecified atom stereocenters. The largest absolute Gasteiger partial charge is 0.493 e. The van der Waals surface area contributed by atoms with Gasteiger partial charge in [0.25, 0.3) is 0 Å². The molecule has 0 radical (unpaired) electrons. The highest BCUT2D eigenvalue weighted by Crippen LogP contribution is 2.27. The van der Waals surface area contributed by atoms with Crippen LogP contribution in [0.1, 0.15) is 33.6 Å². The molecule has 0 spiro atoms. The molecule has 1 aromatic rings. The van der Waals surface area contributed by atoms with Crippen molar-refractivity contribution in [2.45, 2.75) is 33.6 Å². The topological polar surface area (TPSA) is 44.5 Å². The molecule has 0 fully saturated rings. The van der Waals surface area contributed by atoms with Crippen LogP contribution in [0.3, 0.4) is 0 Å². The van der Waals surface area contributed by atoms with Crippen LogP contribution in [-0.2, 0) is 0 Å². The van der Waals surface area contributed by atoms with E-state index in [2.05, 4.69) is 13.8 Å². The molecule has 1 rings (SSSR count). The van der Waals surface area contributed by atoms with Gasteiger partial charge in [-0.3, -0.25) is 0 Å². The summed E-state index contributed by atoms with van der Waals surface area (Å²) in [6, 6.07) is 5.56. The Morgan fingerprint density at radius 2 is 2.00 bits per heavy atom. The fourth-order valence-corrected chi connectivity index (χ4v) is 1.57. The Morgan fingerprint density at radius 1 is 1.24 bits per heavy atom. The first-order valence-electron chi connectivity index (χ1n) is 6.28. The predicted molar refractivity (Wildman–Crippen MR) is 71.6 cm³/mol. The summed E-state index contributed by atoms with van der Waals surface area (Å²) >= 11 is 0. The van der Waals surface area contributed by atoms with E-state index in [1.165, 1.54) is 6.42 Å². The molecule has 3 heteroatoms. The third-order valence-electron chi connectivity index (χ3n) is 2.48. The summed E-state index contributed by atoms with van der Waals surface area (Å²) < 4.78 is 11.1. The predicted octanol–water partition coefficient (Wildman–Crippen LogP) is 3.48. The monoisotopic (exact) mass is 237 g/mol. The normalized spacial score (nSPS) is 10.6. The summed E-state index contributed by atoms with van der Waals surface area (Å²) in [6.45, 7) is 7.73. The second-order valence-electron chi connectivity index (χ2n) is 4.52. The van der Waals surface area contributed by atoms with Crippen LogP contribution in [0.5, 0.6) is 11.5 Å². The molecule has 96 valence electrons. The van der Waals surface area contributed by atoms with Gasteiger partial charge in [-0.1, -0.05) is 13.8 Å². The van der Waals surface area contributed by atoms with E-state index in [1.54, 1.807) is 0 Å². The molecule has 3 nitrogen and oxygen atoms in total. The van der Waals surface area contributed by atoms with E-state index in [0.717, 1.165) is 24.7 Å². The summed E-state index contributed by atoms with van der Waals surface area (Å²) in [5.74, 6) is 2.25. The number of anilines is 1. The quantitative estimate of drug-likeness (QED) is 0.583. The van der Waals surface area contributed by atoms with Crippen molar-refractivity contribution in [1.29, 1.82) is 0 Å². The van der Waals surface area contributed by atoms with Crippen LogP contribution in [0, 0.1) is 5.92 Å². The number of benzene rings is 1. The molecule has 0 heterocycles. The number of hydrogen-bond acceptors (Lipinski definition) is 3. The second kappa shape index (κ2) is 7.05. The first-order chi connectivity index (χ1) is 8.13. The second-order valence-corrected chi connectivity index (χ2v) is 4.52. The minimum atomic E-state index is 0.612. The van der Waals surface area contributed by atoms with E-state index >= 15 is 0 Å². The zero-order valence-corrected chi connectivity index (χ0v) is 11.0. The van der Waals surface area contributed by atoms with Crippen molar-refractivity contribution in [1.82, 2.24) is 0 Å². The maximum atomic E-state index is 5.79. The minimum Gasteiger partial charge on any atom is -0.493 e. The lowest BCUT2D eigenvalue weighted by molar-refractivity contribution is 0.293. The molecule has 0 aliphatic rings. The number of nitrogen functional groups attached to an aromatic ring is 1. The van der Waals surface area contributed by atoms with Gasteiger partial charge in [0.15, 0.2) is 0 Å². The third-order valence-corrected chi connectivity index (χ3v) is 2.48. The molecule has 2 N–H and O–H groups in total. The summed E-state index contributed by atoms with van der Waals surface area (Å²) in [4.78, 5) is 0. The van der Waals surface area contributed by atoms with Gasteiger partial charge < -0.3 is 15.2 Å². The van der Waals surface area contributed by atoms with E-state index in [9.17, 15) is 0 Å². The molecular weight excluding hydrogens is 214 g/mol. The van der Waals surface area contributed by atoms with Crippen LogP contribution in [0.25, 0.3) is 0 Å². The number of ether oxygens (including phenoxy) is 2. The summed E-state index contributed by atoms with van der Waals surface area (Å²) in [6.07, 6.45) is 2.26. The van der Waals surface area contributed by atoms with Crippen molar-refractivity contribution in [3.8, 4) is 11.5 Å². The first kappa shape index (κ1) is 13.7. The summed E-state index contributed by atoms with van der Waals surface area (Å²) in [7, 11) is 0. The summed E-state index contributed by atoms with van der Waals surface area (Å²) in [5, 5.41) is 0. The molecular formula is C14H23NO2. The van der Waals surface area contributed by atoms with Gasteiger partial charge in [-0.15, -0.1) is 0 Å². The van der Waals surface area contributed by atoms with Crippen molar-refractivity contribution in [3.63, 3.8) is 0 Å². The van der Waals surface area contributed by atoms with E-state index in [0.29, 0.717) is 18.0 Å². The lowest BCUT2D eigenvalue weighted by Gasteiger charge is -2.11. The molecule has 0 bridgehead atoms. The van der Waals surface area contributed by atoms with Gasteiger partial charge in [0.1, 0.15) is 11.5 Å². The Labute approximate surface area is 104 Å². The number of nitrogens with two attached hydrogens (primary N) is 1. The van der Waals surface area contributed by atoms with Gasteiger partial charge >= 0.3 is 0 Å². The van der Waals surface area contributed by atoms with Crippen LogP contribution in [0.15, 0.2) is 18.2 Å². The fourth-order valence-electron chi connectivity index (χ4n) is 1.57. The van der Waals surface area contributed by atoms with Gasteiger partial charge in [-0.05, 0) is 37.8 Å². The lowest BCUT2D eigenvalue weighted by atomic mass is 10.1. The van der Waals surface area contributed by atoms with E-state index in [4.69, 9.17) is 15.2 Å². The molecule has 17 heavy (non-hydrogen) atoms. The Kier molecular flexibility index (Phi) is 5.67. The van der Waals surface area contributed by atoms with E-state index in [-0.39, 0.29) is 0 Å². The lowest BCUT2D eigenvalue weighted by Crippen LogP contribution is -2.01. The van der Waals surface area contributed by atoms with Crippen LogP contribution in [-0.4, -0.2) is 13.2 Å². The molecule has 1 aromatic carbocycles. The standard InChI is InChI=1S/C14H23NO2/c1-4-16-14-10-12(7-8-13(14)15)17-9-5-6-11(2)3/h7-8,10-11H,4-6,9,15H2,1-3H3. The average Bonchev–Trinajstić information content (AvgIpc) is 2.28. The highest BCUT2D eigenvalue weighted by atomic mass is 16.5. The van der Waals surface area contributed by atoms with Gasteiger partial charge in [0, 0.05) is 6.07 Å². The molecule has 0 saturated carbocycles. The average molecular weight is 237 g/mol. The van der Waals surface area contributed by atoms with Gasteiger partial charge in [0.2, 0.25) is 0 Å². The van der Waals surface area contributed by atoms with Gasteiger partial charge in [0.05, 0.1) is 18.9 Å². The molecule has 0 saturated heterocycles. The first-order valence-corrected chi connectivity index (χ1v) is 6.28.